The first-order chi connectivity index (χ1) is 11.1. The Labute approximate surface area is 147 Å². The molecule has 4 atom stereocenters. The van der Waals surface area contributed by atoms with Gasteiger partial charge in [-0.3, -0.25) is 0 Å². The van der Waals surface area contributed by atoms with Crippen molar-refractivity contribution in [1.82, 2.24) is 0 Å². The molecule has 0 aliphatic heterocycles. The number of carbonyl (C=O) groups excluding carboxylic acids is 1. The van der Waals surface area contributed by atoms with E-state index in [1.165, 1.54) is 5.57 Å². The van der Waals surface area contributed by atoms with Crippen LogP contribution in [0.5, 0.6) is 0 Å². The van der Waals surface area contributed by atoms with Gasteiger partial charge in [0.15, 0.2) is 0 Å². The second kappa shape index (κ2) is 7.03. The summed E-state index contributed by atoms with van der Waals surface area (Å²) in [5, 5.41) is 11.0. The van der Waals surface area contributed by atoms with E-state index in [0.29, 0.717) is 12.3 Å². The number of ether oxygens (including phenoxy) is 1. The normalized spacial score (nSPS) is 37.0. The molecule has 24 heavy (non-hydrogen) atoms. The minimum absolute atomic E-state index is 0.124. The third-order valence-electron chi connectivity index (χ3n) is 6.36. The van der Waals surface area contributed by atoms with Crippen LogP contribution in [-0.4, -0.2) is 22.8 Å². The van der Waals surface area contributed by atoms with E-state index < -0.39 is 5.60 Å². The summed E-state index contributed by atoms with van der Waals surface area (Å²) in [6.45, 7) is 12.6. The Morgan fingerprint density at radius 1 is 1.46 bits per heavy atom. The molecule has 0 bridgehead atoms. The van der Waals surface area contributed by atoms with Gasteiger partial charge in [0.25, 0.3) is 0 Å². The summed E-state index contributed by atoms with van der Waals surface area (Å²) in [5.41, 5.74) is 1.58. The zero-order chi connectivity index (χ0) is 18.1. The summed E-state index contributed by atoms with van der Waals surface area (Å²) >= 11 is 0. The number of esters is 1. The molecule has 0 aromatic carbocycles. The van der Waals surface area contributed by atoms with E-state index in [9.17, 15) is 9.90 Å². The molecule has 2 aliphatic rings. The maximum Gasteiger partial charge on any atom is 0.330 e. The van der Waals surface area contributed by atoms with Crippen molar-refractivity contribution in [3.05, 3.63) is 23.3 Å². The largest absolute Gasteiger partial charge is 0.459 e. The van der Waals surface area contributed by atoms with Crippen LogP contribution in [0.25, 0.3) is 0 Å². The van der Waals surface area contributed by atoms with E-state index in [4.69, 9.17) is 4.74 Å². The minimum atomic E-state index is -0.693. The van der Waals surface area contributed by atoms with Crippen molar-refractivity contribution in [1.29, 1.82) is 0 Å². The molecule has 3 nitrogen and oxygen atoms in total. The van der Waals surface area contributed by atoms with Gasteiger partial charge < -0.3 is 9.84 Å². The molecule has 2 rings (SSSR count). The Morgan fingerprint density at radius 3 is 2.71 bits per heavy atom. The molecule has 2 aliphatic carbocycles. The van der Waals surface area contributed by atoms with Gasteiger partial charge in [-0.25, -0.2) is 4.79 Å². The third-order valence-corrected chi connectivity index (χ3v) is 6.36. The van der Waals surface area contributed by atoms with Crippen LogP contribution in [0, 0.1) is 17.3 Å². The Bertz CT molecular complexity index is 541. The number of allylic oxidation sites excluding steroid dienone is 3. The molecule has 0 amide bonds. The quantitative estimate of drug-likeness (QED) is 0.456. The fourth-order valence-electron chi connectivity index (χ4n) is 4.40. The second-order valence-electron chi connectivity index (χ2n) is 8.57. The Morgan fingerprint density at radius 2 is 2.12 bits per heavy atom. The number of hydrogen-bond donors (Lipinski definition) is 1. The summed E-state index contributed by atoms with van der Waals surface area (Å²) in [4.78, 5) is 12.3. The van der Waals surface area contributed by atoms with Gasteiger partial charge in [0, 0.05) is 17.4 Å². The van der Waals surface area contributed by atoms with Crippen LogP contribution in [0.4, 0.5) is 0 Å². The summed E-state index contributed by atoms with van der Waals surface area (Å²) in [5.74, 6) is 0.401. The number of hydrogen-bond acceptors (Lipinski definition) is 3. The minimum Gasteiger partial charge on any atom is -0.459 e. The predicted octanol–water partition coefficient (Wildman–Crippen LogP) is 4.80. The van der Waals surface area contributed by atoms with Gasteiger partial charge >= 0.3 is 5.97 Å². The summed E-state index contributed by atoms with van der Waals surface area (Å²) in [6, 6.07) is 0. The molecule has 1 fully saturated rings. The standard InChI is InChI=1S/C21H34O3/c1-7-15(4)12-19(22)24-18-9-11-21(6,23)17-13-16(14(2)3)8-10-20(17,18)5/h8,12,14,17-18,23H,7,9-11,13H2,1-6H3/t17-,18-,20-,21+/m1/s1. The second-order valence-corrected chi connectivity index (χ2v) is 8.57. The zero-order valence-electron chi connectivity index (χ0n) is 16.2. The zero-order valence-corrected chi connectivity index (χ0v) is 16.2. The van der Waals surface area contributed by atoms with Crippen molar-refractivity contribution >= 4 is 5.97 Å². The SMILES string of the molecule is CCC(C)=CC(=O)O[C@@H]1CC[C@](C)(O)[C@@H]2CC(C(C)C)=CC[C@]21C. The lowest BCUT2D eigenvalue weighted by molar-refractivity contribution is -0.181. The molecule has 3 heteroatoms. The number of fused-ring (bicyclic) bond motifs is 1. The van der Waals surface area contributed by atoms with Gasteiger partial charge in [0.05, 0.1) is 5.60 Å². The highest BCUT2D eigenvalue weighted by Gasteiger charge is 2.55. The summed E-state index contributed by atoms with van der Waals surface area (Å²) < 4.78 is 5.87. The topological polar surface area (TPSA) is 46.5 Å². The fourth-order valence-corrected chi connectivity index (χ4v) is 4.40. The molecule has 0 aromatic heterocycles. The molecule has 1 saturated carbocycles. The maximum absolute atomic E-state index is 12.3. The first-order valence-electron chi connectivity index (χ1n) is 9.39. The van der Waals surface area contributed by atoms with Crippen molar-refractivity contribution in [2.24, 2.45) is 17.3 Å². The van der Waals surface area contributed by atoms with Crippen molar-refractivity contribution < 1.29 is 14.6 Å². The number of aliphatic hydroxyl groups is 1. The monoisotopic (exact) mass is 334 g/mol. The smallest absolute Gasteiger partial charge is 0.330 e. The van der Waals surface area contributed by atoms with Crippen molar-refractivity contribution in [3.8, 4) is 0 Å². The van der Waals surface area contributed by atoms with E-state index in [-0.39, 0.29) is 23.4 Å². The van der Waals surface area contributed by atoms with Gasteiger partial charge in [-0.2, -0.15) is 0 Å². The van der Waals surface area contributed by atoms with Crippen molar-refractivity contribution in [3.63, 3.8) is 0 Å². The molecule has 0 radical (unpaired) electrons. The van der Waals surface area contributed by atoms with E-state index in [1.54, 1.807) is 6.08 Å². The van der Waals surface area contributed by atoms with Crippen molar-refractivity contribution in [2.75, 3.05) is 0 Å². The third kappa shape index (κ3) is 3.77. The lowest BCUT2D eigenvalue weighted by atomic mass is 9.54. The fraction of sp³-hybridized carbons (Fsp3) is 0.762. The molecule has 136 valence electrons. The molecule has 0 spiro atoms. The molecule has 1 N–H and O–H groups in total. The number of rotatable bonds is 4. The predicted molar refractivity (Wildman–Crippen MR) is 97.5 cm³/mol. The number of carbonyl (C=O) groups is 1. The first kappa shape index (κ1) is 19.2. The highest BCUT2D eigenvalue weighted by Crippen LogP contribution is 2.55. The first-order valence-corrected chi connectivity index (χ1v) is 9.39. The van der Waals surface area contributed by atoms with Gasteiger partial charge in [-0.1, -0.05) is 44.9 Å². The molecule has 0 saturated heterocycles. The Kier molecular flexibility index (Phi) is 5.64. The van der Waals surface area contributed by atoms with Crippen molar-refractivity contribution in [2.45, 2.75) is 85.4 Å². The molecule has 0 aromatic rings. The van der Waals surface area contributed by atoms with Crippen LogP contribution in [0.15, 0.2) is 23.3 Å². The summed E-state index contributed by atoms with van der Waals surface area (Å²) in [6.07, 6.45) is 7.85. The average molecular weight is 335 g/mol. The Hall–Kier alpha value is -1.09. The van der Waals surface area contributed by atoms with Gasteiger partial charge in [0.2, 0.25) is 0 Å². The lowest BCUT2D eigenvalue weighted by Crippen LogP contribution is -2.57. The lowest BCUT2D eigenvalue weighted by Gasteiger charge is -2.55. The van der Waals surface area contributed by atoms with E-state index in [2.05, 4.69) is 26.8 Å². The van der Waals surface area contributed by atoms with Crippen LogP contribution >= 0.6 is 0 Å². The maximum atomic E-state index is 12.3. The van der Waals surface area contributed by atoms with E-state index in [0.717, 1.165) is 31.3 Å². The summed E-state index contributed by atoms with van der Waals surface area (Å²) in [7, 11) is 0. The molecule has 0 unspecified atom stereocenters. The van der Waals surface area contributed by atoms with Crippen LogP contribution in [0.3, 0.4) is 0 Å². The highest BCUT2D eigenvalue weighted by molar-refractivity contribution is 5.82. The van der Waals surface area contributed by atoms with Crippen LogP contribution in [0.2, 0.25) is 0 Å². The highest BCUT2D eigenvalue weighted by atomic mass is 16.5. The van der Waals surface area contributed by atoms with Crippen LogP contribution in [-0.2, 0) is 9.53 Å². The van der Waals surface area contributed by atoms with Gasteiger partial charge in [-0.15, -0.1) is 0 Å². The molecule has 0 heterocycles. The molecular formula is C21H34O3. The molecular weight excluding hydrogens is 300 g/mol. The van der Waals surface area contributed by atoms with E-state index in [1.807, 2.05) is 20.8 Å². The average Bonchev–Trinajstić information content (AvgIpc) is 2.50. The van der Waals surface area contributed by atoms with Crippen LogP contribution < -0.4 is 0 Å². The van der Waals surface area contributed by atoms with Gasteiger partial charge in [0.1, 0.15) is 6.10 Å². The van der Waals surface area contributed by atoms with Gasteiger partial charge in [-0.05, 0) is 51.9 Å². The van der Waals surface area contributed by atoms with E-state index >= 15 is 0 Å². The van der Waals surface area contributed by atoms with Crippen LogP contribution in [0.1, 0.15) is 73.6 Å². The Balaban J connectivity index is 2.25.